The average Bonchev–Trinajstić information content (AvgIpc) is 2.45. The van der Waals surface area contributed by atoms with E-state index < -0.39 is 6.43 Å². The molecule has 1 fully saturated rings. The summed E-state index contributed by atoms with van der Waals surface area (Å²) in [6, 6.07) is 10.7. The Morgan fingerprint density at radius 1 is 1.16 bits per heavy atom. The molecule has 1 saturated heterocycles. The summed E-state index contributed by atoms with van der Waals surface area (Å²) < 4.78 is 24.2. The van der Waals surface area contributed by atoms with Crippen LogP contribution in [-0.4, -0.2) is 43.5 Å². The maximum atomic E-state index is 12.1. The number of likely N-dealkylation sites (tertiary alicyclic amines) is 1. The highest BCUT2D eigenvalue weighted by Gasteiger charge is 2.19. The molecule has 0 saturated carbocycles. The van der Waals surface area contributed by atoms with Gasteiger partial charge in [0, 0.05) is 12.6 Å². The van der Waals surface area contributed by atoms with Crippen LogP contribution in [0.2, 0.25) is 0 Å². The van der Waals surface area contributed by atoms with Gasteiger partial charge < -0.3 is 10.2 Å². The van der Waals surface area contributed by atoms with Crippen LogP contribution in [0.1, 0.15) is 18.4 Å². The summed E-state index contributed by atoms with van der Waals surface area (Å²) in [5.74, 6) is 0. The van der Waals surface area contributed by atoms with E-state index in [1.807, 2.05) is 6.07 Å². The van der Waals surface area contributed by atoms with Crippen LogP contribution in [0.3, 0.4) is 0 Å². The Morgan fingerprint density at radius 2 is 1.84 bits per heavy atom. The lowest BCUT2D eigenvalue weighted by molar-refractivity contribution is 0.129. The first-order valence-electron chi connectivity index (χ1n) is 7.02. The van der Waals surface area contributed by atoms with Gasteiger partial charge in [-0.05, 0) is 37.9 Å². The van der Waals surface area contributed by atoms with Crippen molar-refractivity contribution in [1.82, 2.24) is 10.2 Å². The number of halogens is 2. The standard InChI is InChI=1S/C15H22F2N2/c16-15(17)12-18-14-7-10-19(11-8-14)9-6-13-4-2-1-3-5-13/h1-5,14-15,18H,6-12H2. The molecule has 1 aromatic carbocycles. The average molecular weight is 268 g/mol. The smallest absolute Gasteiger partial charge is 0.250 e. The molecule has 0 aromatic heterocycles. The van der Waals surface area contributed by atoms with Gasteiger partial charge in [0.2, 0.25) is 0 Å². The van der Waals surface area contributed by atoms with Crippen molar-refractivity contribution in [1.29, 1.82) is 0 Å². The van der Waals surface area contributed by atoms with Gasteiger partial charge in [0.1, 0.15) is 0 Å². The summed E-state index contributed by atoms with van der Waals surface area (Å²) in [7, 11) is 0. The molecule has 4 heteroatoms. The molecule has 0 unspecified atom stereocenters. The Balaban J connectivity index is 1.63. The SMILES string of the molecule is FC(F)CNC1CCN(CCc2ccccc2)CC1. The highest BCUT2D eigenvalue weighted by atomic mass is 19.3. The molecule has 0 amide bonds. The van der Waals surface area contributed by atoms with Crippen molar-refractivity contribution in [2.45, 2.75) is 31.7 Å². The molecule has 0 radical (unpaired) electrons. The minimum absolute atomic E-state index is 0.172. The lowest BCUT2D eigenvalue weighted by Crippen LogP contribution is -2.44. The van der Waals surface area contributed by atoms with Crippen molar-refractivity contribution < 1.29 is 8.78 Å². The molecule has 1 aliphatic heterocycles. The number of hydrogen-bond acceptors (Lipinski definition) is 2. The van der Waals surface area contributed by atoms with Crippen LogP contribution in [-0.2, 0) is 6.42 Å². The van der Waals surface area contributed by atoms with Crippen molar-refractivity contribution in [3.8, 4) is 0 Å². The van der Waals surface area contributed by atoms with Crippen molar-refractivity contribution >= 4 is 0 Å². The van der Waals surface area contributed by atoms with Gasteiger partial charge in [-0.15, -0.1) is 0 Å². The number of piperidine rings is 1. The third-order valence-corrected chi connectivity index (χ3v) is 3.71. The fraction of sp³-hybridized carbons (Fsp3) is 0.600. The van der Waals surface area contributed by atoms with Gasteiger partial charge in [-0.25, -0.2) is 8.78 Å². The summed E-state index contributed by atoms with van der Waals surface area (Å²) in [6.45, 7) is 2.90. The van der Waals surface area contributed by atoms with Gasteiger partial charge in [-0.3, -0.25) is 0 Å². The van der Waals surface area contributed by atoms with Crippen molar-refractivity contribution in [3.63, 3.8) is 0 Å². The normalized spacial score (nSPS) is 18.1. The Labute approximate surface area is 113 Å². The fourth-order valence-corrected chi connectivity index (χ4v) is 2.55. The first-order valence-corrected chi connectivity index (χ1v) is 7.02. The molecular formula is C15H22F2N2. The minimum Gasteiger partial charge on any atom is -0.309 e. The van der Waals surface area contributed by atoms with E-state index in [0.717, 1.165) is 38.9 Å². The molecule has 1 heterocycles. The molecule has 1 N–H and O–H groups in total. The molecule has 0 aliphatic carbocycles. The molecule has 2 rings (SSSR count). The van der Waals surface area contributed by atoms with Crippen LogP contribution in [0, 0.1) is 0 Å². The third-order valence-electron chi connectivity index (χ3n) is 3.71. The zero-order chi connectivity index (χ0) is 13.5. The van der Waals surface area contributed by atoms with Gasteiger partial charge in [0.25, 0.3) is 6.43 Å². The summed E-state index contributed by atoms with van der Waals surface area (Å²) in [5, 5.41) is 2.94. The molecule has 1 aromatic rings. The number of benzene rings is 1. The Kier molecular flexibility index (Phi) is 5.73. The molecular weight excluding hydrogens is 246 g/mol. The van der Waals surface area contributed by atoms with E-state index in [1.54, 1.807) is 0 Å². The summed E-state index contributed by atoms with van der Waals surface area (Å²) in [5.41, 5.74) is 1.36. The van der Waals surface area contributed by atoms with Crippen molar-refractivity contribution in [2.24, 2.45) is 0 Å². The van der Waals surface area contributed by atoms with E-state index in [0.29, 0.717) is 0 Å². The Bertz CT molecular complexity index is 348. The number of hydrogen-bond donors (Lipinski definition) is 1. The van der Waals surface area contributed by atoms with Gasteiger partial charge in [0.15, 0.2) is 0 Å². The highest BCUT2D eigenvalue weighted by molar-refractivity contribution is 5.14. The predicted molar refractivity (Wildman–Crippen MR) is 73.6 cm³/mol. The molecule has 106 valence electrons. The van der Waals surface area contributed by atoms with Crippen molar-refractivity contribution in [2.75, 3.05) is 26.2 Å². The third kappa shape index (κ3) is 5.25. The van der Waals surface area contributed by atoms with Gasteiger partial charge in [-0.1, -0.05) is 30.3 Å². The monoisotopic (exact) mass is 268 g/mol. The van der Waals surface area contributed by atoms with E-state index in [2.05, 4.69) is 34.5 Å². The maximum Gasteiger partial charge on any atom is 0.250 e. The number of nitrogens with zero attached hydrogens (tertiary/aromatic N) is 1. The van der Waals surface area contributed by atoms with Crippen LogP contribution in [0.25, 0.3) is 0 Å². The minimum atomic E-state index is -2.24. The quantitative estimate of drug-likeness (QED) is 0.853. The first kappa shape index (κ1) is 14.4. The topological polar surface area (TPSA) is 15.3 Å². The molecule has 0 spiro atoms. The summed E-state index contributed by atoms with van der Waals surface area (Å²) in [4.78, 5) is 2.42. The predicted octanol–water partition coefficient (Wildman–Crippen LogP) is 2.55. The van der Waals surface area contributed by atoms with Crippen LogP contribution < -0.4 is 5.32 Å². The molecule has 1 aliphatic rings. The number of alkyl halides is 2. The highest BCUT2D eigenvalue weighted by Crippen LogP contribution is 2.11. The van der Waals surface area contributed by atoms with Gasteiger partial charge in [-0.2, -0.15) is 0 Å². The van der Waals surface area contributed by atoms with E-state index >= 15 is 0 Å². The summed E-state index contributed by atoms with van der Waals surface area (Å²) >= 11 is 0. The van der Waals surface area contributed by atoms with E-state index in [9.17, 15) is 8.78 Å². The second-order valence-electron chi connectivity index (χ2n) is 5.15. The molecule has 0 atom stereocenters. The van der Waals surface area contributed by atoms with E-state index in [1.165, 1.54) is 5.56 Å². The molecule has 0 bridgehead atoms. The largest absolute Gasteiger partial charge is 0.309 e. The molecule has 2 nitrogen and oxygen atoms in total. The van der Waals surface area contributed by atoms with E-state index in [-0.39, 0.29) is 12.6 Å². The Morgan fingerprint density at radius 3 is 2.47 bits per heavy atom. The van der Waals surface area contributed by atoms with E-state index in [4.69, 9.17) is 0 Å². The van der Waals surface area contributed by atoms with Crippen molar-refractivity contribution in [3.05, 3.63) is 35.9 Å². The maximum absolute atomic E-state index is 12.1. The Hall–Kier alpha value is -1.00. The zero-order valence-electron chi connectivity index (χ0n) is 11.2. The number of rotatable bonds is 6. The van der Waals surface area contributed by atoms with Gasteiger partial charge in [0.05, 0.1) is 6.54 Å². The first-order chi connectivity index (χ1) is 9.24. The van der Waals surface area contributed by atoms with Crippen LogP contribution in [0.15, 0.2) is 30.3 Å². The summed E-state index contributed by atoms with van der Waals surface area (Å²) in [6.07, 6.45) is 0.773. The molecule has 19 heavy (non-hydrogen) atoms. The van der Waals surface area contributed by atoms with Crippen LogP contribution >= 0.6 is 0 Å². The second-order valence-corrected chi connectivity index (χ2v) is 5.15. The lowest BCUT2D eigenvalue weighted by atomic mass is 10.0. The van der Waals surface area contributed by atoms with Gasteiger partial charge >= 0.3 is 0 Å². The second kappa shape index (κ2) is 7.56. The lowest BCUT2D eigenvalue weighted by Gasteiger charge is -2.32. The fourth-order valence-electron chi connectivity index (χ4n) is 2.55. The number of nitrogens with one attached hydrogen (secondary N) is 1. The van der Waals surface area contributed by atoms with Crippen LogP contribution in [0.4, 0.5) is 8.78 Å². The van der Waals surface area contributed by atoms with Crippen LogP contribution in [0.5, 0.6) is 0 Å². The zero-order valence-corrected chi connectivity index (χ0v) is 11.2.